The van der Waals surface area contributed by atoms with Crippen LogP contribution in [0.5, 0.6) is 5.75 Å². The van der Waals surface area contributed by atoms with Gasteiger partial charge in [0, 0.05) is 51.2 Å². The van der Waals surface area contributed by atoms with E-state index in [2.05, 4.69) is 24.6 Å². The first-order valence-electron chi connectivity index (χ1n) is 13.9. The Kier molecular flexibility index (Phi) is 9.47. The molecule has 1 aliphatic heterocycles. The number of pyridine rings is 1. The van der Waals surface area contributed by atoms with Crippen molar-refractivity contribution < 1.29 is 23.4 Å². The minimum Gasteiger partial charge on any atom is -0.492 e. The van der Waals surface area contributed by atoms with Crippen molar-refractivity contribution >= 4 is 36.8 Å². The lowest BCUT2D eigenvalue weighted by atomic mass is 9.98. The van der Waals surface area contributed by atoms with Gasteiger partial charge in [0.1, 0.15) is 34.7 Å². The Morgan fingerprint density at radius 3 is 2.50 bits per heavy atom. The van der Waals surface area contributed by atoms with E-state index in [1.807, 2.05) is 37.6 Å². The highest BCUT2D eigenvalue weighted by Gasteiger charge is 2.28. The highest BCUT2D eigenvalue weighted by molar-refractivity contribution is 6.76. The van der Waals surface area contributed by atoms with Gasteiger partial charge in [-0.2, -0.15) is 0 Å². The normalized spacial score (nSPS) is 15.1. The van der Waals surface area contributed by atoms with Gasteiger partial charge in [0.05, 0.1) is 12.0 Å². The molecule has 0 spiro atoms. The van der Waals surface area contributed by atoms with E-state index in [1.54, 1.807) is 23.1 Å². The van der Waals surface area contributed by atoms with Gasteiger partial charge in [-0.25, -0.2) is 14.2 Å². The van der Waals surface area contributed by atoms with Gasteiger partial charge < -0.3 is 23.7 Å². The quantitative estimate of drug-likeness (QED) is 0.144. The smallest absolute Gasteiger partial charge is 0.410 e. The van der Waals surface area contributed by atoms with Crippen molar-refractivity contribution in [3.05, 3.63) is 47.5 Å². The number of benzene rings is 1. The Hall–Kier alpha value is -2.62. The zero-order valence-corrected chi connectivity index (χ0v) is 26.2. The molecule has 1 fully saturated rings. The van der Waals surface area contributed by atoms with E-state index in [9.17, 15) is 9.18 Å². The summed E-state index contributed by atoms with van der Waals surface area (Å²) in [6, 6.07) is 9.43. The summed E-state index contributed by atoms with van der Waals surface area (Å²) in [4.78, 5) is 18.8. The van der Waals surface area contributed by atoms with Gasteiger partial charge in [-0.1, -0.05) is 49.4 Å². The largest absolute Gasteiger partial charge is 0.492 e. The van der Waals surface area contributed by atoms with E-state index >= 15 is 0 Å². The van der Waals surface area contributed by atoms with Gasteiger partial charge in [-0.3, -0.25) is 0 Å². The number of likely N-dealkylation sites (tertiary alicyclic amines) is 1. The van der Waals surface area contributed by atoms with Crippen LogP contribution in [0.1, 0.15) is 33.6 Å². The SMILES string of the molecule is CC(C)(C)OC(=O)N1CCC(COc2cc(Cl)nc3c2c(-c2ccccc2F)cn3COCC[Si](C)(C)C)CC1. The number of aromatic nitrogens is 2. The van der Waals surface area contributed by atoms with Gasteiger partial charge >= 0.3 is 6.09 Å². The number of piperidine rings is 1. The number of hydrogen-bond donors (Lipinski definition) is 0. The molecule has 1 saturated heterocycles. The molecule has 40 heavy (non-hydrogen) atoms. The fraction of sp³-hybridized carbons (Fsp3) is 0.533. The van der Waals surface area contributed by atoms with Crippen LogP contribution in [-0.2, 0) is 16.2 Å². The second kappa shape index (κ2) is 12.5. The van der Waals surface area contributed by atoms with Crippen molar-refractivity contribution in [1.82, 2.24) is 14.5 Å². The lowest BCUT2D eigenvalue weighted by Crippen LogP contribution is -2.42. The molecule has 0 radical (unpaired) electrons. The van der Waals surface area contributed by atoms with Crippen LogP contribution in [0.25, 0.3) is 22.2 Å². The zero-order valence-electron chi connectivity index (χ0n) is 24.4. The third-order valence-corrected chi connectivity index (χ3v) is 8.79. The summed E-state index contributed by atoms with van der Waals surface area (Å²) >= 11 is 6.46. The average Bonchev–Trinajstić information content (AvgIpc) is 3.22. The second-order valence-corrected chi connectivity index (χ2v) is 18.7. The Labute approximate surface area is 242 Å². The highest BCUT2D eigenvalue weighted by Crippen LogP contribution is 2.39. The first-order valence-corrected chi connectivity index (χ1v) is 18.0. The molecule has 1 aromatic carbocycles. The van der Waals surface area contributed by atoms with Gasteiger partial charge in [0.25, 0.3) is 0 Å². The molecule has 10 heteroatoms. The minimum atomic E-state index is -1.24. The number of rotatable bonds is 9. The van der Waals surface area contributed by atoms with E-state index in [-0.39, 0.29) is 24.6 Å². The summed E-state index contributed by atoms with van der Waals surface area (Å²) in [5.74, 6) is 0.491. The number of halogens is 2. The molecule has 0 unspecified atom stereocenters. The maximum atomic E-state index is 15.0. The molecule has 0 N–H and O–H groups in total. The Morgan fingerprint density at radius 1 is 1.15 bits per heavy atom. The van der Waals surface area contributed by atoms with Crippen LogP contribution in [0.2, 0.25) is 30.8 Å². The fourth-order valence-corrected chi connectivity index (χ4v) is 5.61. The standard InChI is InChI=1S/C30H41ClFN3O4Si/c1-30(2,3)39-29(36)34-13-11-21(12-14-34)19-38-25-17-26(31)33-28-27(25)23(22-9-7-8-10-24(22)32)18-35(28)20-37-15-16-40(4,5)6/h7-10,17-18,21H,11-16,19-20H2,1-6H3. The second-order valence-electron chi connectivity index (χ2n) is 12.7. The van der Waals surface area contributed by atoms with Crippen molar-refractivity contribution in [1.29, 1.82) is 0 Å². The van der Waals surface area contributed by atoms with E-state index in [0.717, 1.165) is 18.9 Å². The fourth-order valence-electron chi connectivity index (χ4n) is 4.68. The van der Waals surface area contributed by atoms with Crippen molar-refractivity contribution in [2.45, 2.75) is 71.6 Å². The van der Waals surface area contributed by atoms with Crippen molar-refractivity contribution in [3.63, 3.8) is 0 Å². The maximum absolute atomic E-state index is 15.0. The number of fused-ring (bicyclic) bond motifs is 1. The maximum Gasteiger partial charge on any atom is 0.410 e. The number of amides is 1. The molecule has 3 aromatic rings. The minimum absolute atomic E-state index is 0.254. The monoisotopic (exact) mass is 589 g/mol. The van der Waals surface area contributed by atoms with Gasteiger partial charge in [-0.05, 0) is 51.6 Å². The van der Waals surface area contributed by atoms with Crippen LogP contribution in [0.3, 0.4) is 0 Å². The predicted octanol–water partition coefficient (Wildman–Crippen LogP) is 7.83. The number of nitrogens with zero attached hydrogens (tertiary/aromatic N) is 3. The van der Waals surface area contributed by atoms with Crippen LogP contribution in [0, 0.1) is 11.7 Å². The molecule has 3 heterocycles. The molecule has 0 atom stereocenters. The average molecular weight is 590 g/mol. The summed E-state index contributed by atoms with van der Waals surface area (Å²) in [6.07, 6.45) is 3.19. The van der Waals surface area contributed by atoms with E-state index in [4.69, 9.17) is 25.8 Å². The lowest BCUT2D eigenvalue weighted by molar-refractivity contribution is 0.0165. The zero-order chi connectivity index (χ0) is 29.1. The molecule has 1 amide bonds. The third-order valence-electron chi connectivity index (χ3n) is 6.89. The van der Waals surface area contributed by atoms with E-state index < -0.39 is 13.7 Å². The molecule has 2 aromatic heterocycles. The lowest BCUT2D eigenvalue weighted by Gasteiger charge is -2.33. The molecule has 0 bridgehead atoms. The Bertz CT molecular complexity index is 1330. The van der Waals surface area contributed by atoms with Crippen LogP contribution in [0.4, 0.5) is 9.18 Å². The summed E-state index contributed by atoms with van der Waals surface area (Å²) < 4.78 is 34.8. The number of ether oxygens (including phenoxy) is 3. The number of hydrogen-bond acceptors (Lipinski definition) is 5. The molecular weight excluding hydrogens is 549 g/mol. The van der Waals surface area contributed by atoms with Gasteiger partial charge in [0.15, 0.2) is 0 Å². The molecular formula is C30H41ClFN3O4Si. The van der Waals surface area contributed by atoms with E-state index in [0.29, 0.717) is 59.4 Å². The van der Waals surface area contributed by atoms with Crippen molar-refractivity contribution in [2.75, 3.05) is 26.3 Å². The first-order chi connectivity index (χ1) is 18.8. The van der Waals surface area contributed by atoms with Crippen molar-refractivity contribution in [2.24, 2.45) is 5.92 Å². The van der Waals surface area contributed by atoms with Crippen molar-refractivity contribution in [3.8, 4) is 16.9 Å². The molecule has 7 nitrogen and oxygen atoms in total. The van der Waals surface area contributed by atoms with Crippen LogP contribution in [0.15, 0.2) is 36.5 Å². The van der Waals surface area contributed by atoms with Gasteiger partial charge in [-0.15, -0.1) is 0 Å². The predicted molar refractivity (Wildman–Crippen MR) is 160 cm³/mol. The topological polar surface area (TPSA) is 65.8 Å². The first kappa shape index (κ1) is 30.3. The van der Waals surface area contributed by atoms with E-state index in [1.165, 1.54) is 6.07 Å². The number of carbonyl (C=O) groups is 1. The molecule has 1 aliphatic rings. The summed E-state index contributed by atoms with van der Waals surface area (Å²) in [6.45, 7) is 15.1. The summed E-state index contributed by atoms with van der Waals surface area (Å²) in [5, 5.41) is 0.998. The Morgan fingerprint density at radius 2 is 1.85 bits per heavy atom. The molecule has 218 valence electrons. The number of carbonyl (C=O) groups excluding carboxylic acids is 1. The molecule has 0 aliphatic carbocycles. The van der Waals surface area contributed by atoms with Crippen LogP contribution in [-0.4, -0.2) is 60.5 Å². The summed E-state index contributed by atoms with van der Waals surface area (Å²) in [5.41, 5.74) is 1.22. The third kappa shape index (κ3) is 7.98. The Balaban J connectivity index is 1.55. The highest BCUT2D eigenvalue weighted by atomic mass is 35.5. The van der Waals surface area contributed by atoms with Crippen LogP contribution < -0.4 is 4.74 Å². The van der Waals surface area contributed by atoms with Gasteiger partial charge in [0.2, 0.25) is 0 Å². The summed E-state index contributed by atoms with van der Waals surface area (Å²) in [7, 11) is -1.24. The van der Waals surface area contributed by atoms with Crippen LogP contribution >= 0.6 is 11.6 Å². The molecule has 4 rings (SSSR count). The molecule has 0 saturated carbocycles.